The summed E-state index contributed by atoms with van der Waals surface area (Å²) in [6.45, 7) is 11.6. The Balaban J connectivity index is -0.000000151. The zero-order valence-corrected chi connectivity index (χ0v) is 21.7. The normalized spacial score (nSPS) is 10.6. The average Bonchev–Trinajstić information content (AvgIpc) is 2.57. The van der Waals surface area contributed by atoms with E-state index in [9.17, 15) is 0 Å². The molecule has 0 saturated heterocycles. The first kappa shape index (κ1) is 32.6. The van der Waals surface area contributed by atoms with Gasteiger partial charge in [0.2, 0.25) is 0 Å². The summed E-state index contributed by atoms with van der Waals surface area (Å²) in [6.07, 6.45) is 16.6. The van der Waals surface area contributed by atoms with E-state index < -0.39 is 0 Å². The Hall–Kier alpha value is 0.972. The molecule has 1 unspecified atom stereocenters. The molecular formula is C21H48O2U. The molecule has 0 spiro atoms. The van der Waals surface area contributed by atoms with Crippen molar-refractivity contribution in [3.63, 3.8) is 0 Å². The van der Waals surface area contributed by atoms with E-state index in [4.69, 9.17) is 10.2 Å². The SMILES string of the molecule is CCCCC.CCCCCCCCC(CC)CO.CCCCO.[U]. The number of aliphatic hydroxyl groups is 2. The molecule has 0 fully saturated rings. The van der Waals surface area contributed by atoms with E-state index in [1.165, 1.54) is 64.2 Å². The van der Waals surface area contributed by atoms with Gasteiger partial charge in [-0.2, -0.15) is 0 Å². The van der Waals surface area contributed by atoms with Crippen LogP contribution in [0.4, 0.5) is 0 Å². The molecule has 3 heteroatoms. The van der Waals surface area contributed by atoms with Gasteiger partial charge in [-0.25, -0.2) is 0 Å². The van der Waals surface area contributed by atoms with Crippen molar-refractivity contribution in [3.8, 4) is 0 Å². The van der Waals surface area contributed by atoms with Gasteiger partial charge < -0.3 is 10.2 Å². The van der Waals surface area contributed by atoms with Crippen molar-refractivity contribution in [2.24, 2.45) is 5.92 Å². The maximum absolute atomic E-state index is 8.97. The summed E-state index contributed by atoms with van der Waals surface area (Å²) >= 11 is 0. The third-order valence-electron chi connectivity index (χ3n) is 4.02. The van der Waals surface area contributed by atoms with Crippen molar-refractivity contribution >= 4 is 0 Å². The van der Waals surface area contributed by atoms with Gasteiger partial charge in [0.15, 0.2) is 0 Å². The largest absolute Gasteiger partial charge is 0.396 e. The number of hydrogen-bond donors (Lipinski definition) is 2. The van der Waals surface area contributed by atoms with Crippen LogP contribution in [0.25, 0.3) is 0 Å². The quantitative estimate of drug-likeness (QED) is 0.241. The predicted octanol–water partition coefficient (Wildman–Crippen LogP) is 6.73. The molecule has 0 radical (unpaired) electrons. The summed E-state index contributed by atoms with van der Waals surface area (Å²) < 4.78 is 0. The second-order valence-corrected chi connectivity index (χ2v) is 6.44. The Bertz CT molecular complexity index is 152. The van der Waals surface area contributed by atoms with Crippen LogP contribution in [-0.2, 0) is 0 Å². The van der Waals surface area contributed by atoms with E-state index in [0.29, 0.717) is 19.1 Å². The molecule has 0 aromatic carbocycles. The van der Waals surface area contributed by atoms with Crippen LogP contribution in [0, 0.1) is 37.0 Å². The topological polar surface area (TPSA) is 40.5 Å². The standard InChI is InChI=1S/C12H26O.C5H12.C4H10O.U/c1-3-5-6-7-8-9-10-12(4-2)11-13;1-3-5-4-2;1-2-3-4-5;/h12-13H,3-11H2,1-2H3;3-5H2,1-2H3;5H,2-4H2,1H3;. The van der Waals surface area contributed by atoms with Crippen molar-refractivity contribution in [2.75, 3.05) is 13.2 Å². The first-order valence-corrected chi connectivity index (χ1v) is 10.4. The van der Waals surface area contributed by atoms with Crippen LogP contribution in [0.2, 0.25) is 0 Å². The van der Waals surface area contributed by atoms with Crippen LogP contribution in [0.5, 0.6) is 0 Å². The van der Waals surface area contributed by atoms with Gasteiger partial charge >= 0.3 is 0 Å². The van der Waals surface area contributed by atoms with Crippen LogP contribution in [-0.4, -0.2) is 23.4 Å². The van der Waals surface area contributed by atoms with Crippen molar-refractivity contribution in [1.82, 2.24) is 0 Å². The molecule has 0 heterocycles. The van der Waals surface area contributed by atoms with Gasteiger partial charge in [0, 0.05) is 44.3 Å². The first-order chi connectivity index (χ1) is 11.2. The minimum Gasteiger partial charge on any atom is -0.396 e. The van der Waals surface area contributed by atoms with E-state index in [1.54, 1.807) is 0 Å². The van der Waals surface area contributed by atoms with Gasteiger partial charge in [-0.05, 0) is 18.8 Å². The third-order valence-corrected chi connectivity index (χ3v) is 4.02. The van der Waals surface area contributed by atoms with Gasteiger partial charge in [-0.3, -0.25) is 0 Å². The molecule has 0 amide bonds. The molecule has 0 aromatic heterocycles. The van der Waals surface area contributed by atoms with Crippen molar-refractivity contribution < 1.29 is 41.3 Å². The Labute approximate surface area is 178 Å². The fraction of sp³-hybridized carbons (Fsp3) is 1.00. The van der Waals surface area contributed by atoms with Crippen LogP contribution >= 0.6 is 0 Å². The zero-order valence-electron chi connectivity index (χ0n) is 17.6. The van der Waals surface area contributed by atoms with Crippen molar-refractivity contribution in [2.45, 2.75) is 118 Å². The molecule has 0 aromatic rings. The van der Waals surface area contributed by atoms with Gasteiger partial charge in [0.1, 0.15) is 0 Å². The number of rotatable bonds is 13. The van der Waals surface area contributed by atoms with Gasteiger partial charge in [-0.15, -0.1) is 0 Å². The Morgan fingerprint density at radius 3 is 1.33 bits per heavy atom. The molecule has 0 aliphatic carbocycles. The second kappa shape index (κ2) is 35.1. The predicted molar refractivity (Wildman–Crippen MR) is 106 cm³/mol. The maximum atomic E-state index is 8.97. The monoisotopic (exact) mass is 570 g/mol. The molecule has 0 rings (SSSR count). The third kappa shape index (κ3) is 38.5. The first-order valence-electron chi connectivity index (χ1n) is 10.4. The molecule has 2 nitrogen and oxygen atoms in total. The van der Waals surface area contributed by atoms with E-state index in [1.807, 2.05) is 0 Å². The summed E-state index contributed by atoms with van der Waals surface area (Å²) in [4.78, 5) is 0. The molecule has 0 aliphatic heterocycles. The van der Waals surface area contributed by atoms with Crippen LogP contribution < -0.4 is 0 Å². The number of hydrogen-bond acceptors (Lipinski definition) is 2. The van der Waals surface area contributed by atoms with Gasteiger partial charge in [0.05, 0.1) is 0 Å². The molecule has 148 valence electrons. The van der Waals surface area contributed by atoms with Crippen LogP contribution in [0.15, 0.2) is 0 Å². The molecule has 0 aliphatic rings. The summed E-state index contributed by atoms with van der Waals surface area (Å²) in [5.74, 6) is 0.561. The fourth-order valence-corrected chi connectivity index (χ4v) is 2.15. The van der Waals surface area contributed by atoms with Crippen LogP contribution in [0.3, 0.4) is 0 Å². The van der Waals surface area contributed by atoms with Gasteiger partial charge in [0.25, 0.3) is 0 Å². The fourth-order valence-electron chi connectivity index (χ4n) is 2.15. The molecule has 24 heavy (non-hydrogen) atoms. The van der Waals surface area contributed by atoms with E-state index in [-0.39, 0.29) is 31.1 Å². The van der Waals surface area contributed by atoms with Crippen molar-refractivity contribution in [3.05, 3.63) is 0 Å². The molecule has 1 atom stereocenters. The minimum absolute atomic E-state index is 0. The van der Waals surface area contributed by atoms with Crippen molar-refractivity contribution in [1.29, 1.82) is 0 Å². The molecular weight excluding hydrogens is 522 g/mol. The Kier molecular flexibility index (Phi) is 47.8. The van der Waals surface area contributed by atoms with E-state index in [0.717, 1.165) is 19.3 Å². The molecule has 0 saturated carbocycles. The minimum atomic E-state index is 0. The summed E-state index contributed by atoms with van der Waals surface area (Å²) in [7, 11) is 0. The number of unbranched alkanes of at least 4 members (excludes halogenated alkanes) is 8. The second-order valence-electron chi connectivity index (χ2n) is 6.44. The van der Waals surface area contributed by atoms with E-state index in [2.05, 4.69) is 34.6 Å². The molecule has 2 N–H and O–H groups in total. The Morgan fingerprint density at radius 1 is 0.583 bits per heavy atom. The van der Waals surface area contributed by atoms with Gasteiger partial charge in [-0.1, -0.05) is 105 Å². The smallest absolute Gasteiger partial charge is 0.0459 e. The number of aliphatic hydroxyl groups excluding tert-OH is 2. The average molecular weight is 571 g/mol. The Morgan fingerprint density at radius 2 is 1.04 bits per heavy atom. The van der Waals surface area contributed by atoms with Crippen LogP contribution in [0.1, 0.15) is 118 Å². The molecule has 0 bridgehead atoms. The summed E-state index contributed by atoms with van der Waals surface area (Å²) in [6, 6.07) is 0. The summed E-state index contributed by atoms with van der Waals surface area (Å²) in [5.41, 5.74) is 0. The van der Waals surface area contributed by atoms with E-state index >= 15 is 0 Å². The summed E-state index contributed by atoms with van der Waals surface area (Å²) in [5, 5.41) is 17.0. The maximum Gasteiger partial charge on any atom is 0.0459 e. The zero-order chi connectivity index (χ0) is 18.2.